The molecule has 0 bridgehead atoms. The fourth-order valence-electron chi connectivity index (χ4n) is 4.06. The molecule has 0 radical (unpaired) electrons. The summed E-state index contributed by atoms with van der Waals surface area (Å²) in [6.45, 7) is 3.88. The van der Waals surface area contributed by atoms with Gasteiger partial charge in [0, 0.05) is 33.0 Å². The summed E-state index contributed by atoms with van der Waals surface area (Å²) < 4.78 is 17.0. The zero-order chi connectivity index (χ0) is 24.2. The molecule has 1 N–H and O–H groups in total. The van der Waals surface area contributed by atoms with E-state index in [2.05, 4.69) is 5.32 Å². The SMILES string of the molecule is COc1ccc(-c2coc3c(C)c(OC)c(/C(C)=C/C(=O)Nc4ccccc4SC)cc23)cc1. The Bertz CT molecular complexity index is 1370. The lowest BCUT2D eigenvalue weighted by Crippen LogP contribution is -2.09. The van der Waals surface area contributed by atoms with Crippen LogP contribution in [-0.4, -0.2) is 26.4 Å². The molecule has 0 fully saturated rings. The number of benzene rings is 3. The van der Waals surface area contributed by atoms with Crippen LogP contribution < -0.4 is 14.8 Å². The average molecular weight is 474 g/mol. The third kappa shape index (κ3) is 4.54. The fraction of sp³-hybridized carbons (Fsp3) is 0.179. The first kappa shape index (κ1) is 23.5. The number of thioether (sulfide) groups is 1. The number of nitrogens with one attached hydrogen (secondary N) is 1. The summed E-state index contributed by atoms with van der Waals surface area (Å²) in [5.41, 5.74) is 6.06. The molecular weight excluding hydrogens is 446 g/mol. The van der Waals surface area contributed by atoms with Gasteiger partial charge in [-0.25, -0.2) is 0 Å². The van der Waals surface area contributed by atoms with E-state index in [9.17, 15) is 4.79 Å². The van der Waals surface area contributed by atoms with E-state index in [0.29, 0.717) is 5.75 Å². The number of hydrogen-bond donors (Lipinski definition) is 1. The summed E-state index contributed by atoms with van der Waals surface area (Å²) in [4.78, 5) is 13.9. The fourth-order valence-corrected chi connectivity index (χ4v) is 4.61. The molecule has 0 aliphatic heterocycles. The summed E-state index contributed by atoms with van der Waals surface area (Å²) in [6, 6.07) is 17.6. The van der Waals surface area contributed by atoms with Crippen LogP contribution in [0.4, 0.5) is 5.69 Å². The van der Waals surface area contributed by atoms with Crippen LogP contribution >= 0.6 is 11.8 Å². The first-order chi connectivity index (χ1) is 16.5. The number of rotatable bonds is 7. The second-order valence-corrected chi connectivity index (χ2v) is 8.70. The summed E-state index contributed by atoms with van der Waals surface area (Å²) in [7, 11) is 3.28. The number of hydrogen-bond acceptors (Lipinski definition) is 5. The van der Waals surface area contributed by atoms with Gasteiger partial charge in [-0.05, 0) is 61.6 Å². The van der Waals surface area contributed by atoms with Gasteiger partial charge in [-0.15, -0.1) is 11.8 Å². The molecular formula is C28H27NO4S. The molecule has 0 aliphatic carbocycles. The molecule has 1 aromatic heterocycles. The average Bonchev–Trinajstić information content (AvgIpc) is 3.28. The number of carbonyl (C=O) groups is 1. The first-order valence-corrected chi connectivity index (χ1v) is 12.0. The molecule has 1 amide bonds. The number of allylic oxidation sites excluding steroid dienone is 1. The Morgan fingerprint density at radius 1 is 1.06 bits per heavy atom. The predicted molar refractivity (Wildman–Crippen MR) is 140 cm³/mol. The number of ether oxygens (including phenoxy) is 2. The summed E-state index contributed by atoms with van der Waals surface area (Å²) in [6.07, 6.45) is 5.35. The number of aryl methyl sites for hydroxylation is 1. The maximum absolute atomic E-state index is 12.8. The Morgan fingerprint density at radius 3 is 2.47 bits per heavy atom. The van der Waals surface area contributed by atoms with Gasteiger partial charge in [-0.2, -0.15) is 0 Å². The molecule has 34 heavy (non-hydrogen) atoms. The van der Waals surface area contributed by atoms with Crippen LogP contribution in [-0.2, 0) is 4.79 Å². The highest BCUT2D eigenvalue weighted by molar-refractivity contribution is 7.98. The molecule has 0 saturated carbocycles. The number of amides is 1. The zero-order valence-electron chi connectivity index (χ0n) is 19.9. The lowest BCUT2D eigenvalue weighted by atomic mass is 9.96. The number of anilines is 1. The van der Waals surface area contributed by atoms with Gasteiger partial charge >= 0.3 is 0 Å². The van der Waals surface area contributed by atoms with Crippen molar-refractivity contribution in [3.63, 3.8) is 0 Å². The zero-order valence-corrected chi connectivity index (χ0v) is 20.7. The molecule has 4 rings (SSSR count). The third-order valence-corrected chi connectivity index (χ3v) is 6.58. The number of methoxy groups -OCH3 is 2. The van der Waals surface area contributed by atoms with Crippen molar-refractivity contribution in [3.05, 3.63) is 78.1 Å². The Balaban J connectivity index is 1.75. The Hall–Kier alpha value is -3.64. The highest BCUT2D eigenvalue weighted by Crippen LogP contribution is 2.41. The smallest absolute Gasteiger partial charge is 0.248 e. The molecule has 0 spiro atoms. The van der Waals surface area contributed by atoms with Crippen molar-refractivity contribution in [1.82, 2.24) is 0 Å². The van der Waals surface area contributed by atoms with Crippen LogP contribution in [0.1, 0.15) is 18.1 Å². The van der Waals surface area contributed by atoms with Crippen LogP contribution in [0.15, 0.2) is 76.2 Å². The minimum absolute atomic E-state index is 0.193. The lowest BCUT2D eigenvalue weighted by molar-refractivity contribution is -0.111. The van der Waals surface area contributed by atoms with Gasteiger partial charge in [0.2, 0.25) is 5.91 Å². The summed E-state index contributed by atoms with van der Waals surface area (Å²) in [5.74, 6) is 1.29. The van der Waals surface area contributed by atoms with E-state index in [-0.39, 0.29) is 5.91 Å². The molecule has 174 valence electrons. The number of fused-ring (bicyclic) bond motifs is 1. The van der Waals surface area contributed by atoms with Crippen LogP contribution in [0.3, 0.4) is 0 Å². The molecule has 4 aromatic rings. The van der Waals surface area contributed by atoms with Crippen molar-refractivity contribution in [3.8, 4) is 22.6 Å². The molecule has 1 heterocycles. The molecule has 3 aromatic carbocycles. The highest BCUT2D eigenvalue weighted by Gasteiger charge is 2.19. The van der Waals surface area contributed by atoms with Crippen molar-refractivity contribution in [2.75, 3.05) is 25.8 Å². The third-order valence-electron chi connectivity index (χ3n) is 5.79. The molecule has 5 nitrogen and oxygen atoms in total. The summed E-state index contributed by atoms with van der Waals surface area (Å²) in [5, 5.41) is 3.94. The van der Waals surface area contributed by atoms with E-state index in [1.54, 1.807) is 38.3 Å². The molecule has 0 atom stereocenters. The second kappa shape index (κ2) is 10.1. The predicted octanol–water partition coefficient (Wildman–Crippen LogP) is 7.19. The molecule has 0 unspecified atom stereocenters. The number of furan rings is 1. The van der Waals surface area contributed by atoms with Crippen molar-refractivity contribution in [2.45, 2.75) is 18.7 Å². The van der Waals surface area contributed by atoms with Crippen molar-refractivity contribution in [2.24, 2.45) is 0 Å². The Kier molecular flexibility index (Phi) is 6.98. The minimum Gasteiger partial charge on any atom is -0.497 e. The first-order valence-electron chi connectivity index (χ1n) is 10.8. The highest BCUT2D eigenvalue weighted by atomic mass is 32.2. The van der Waals surface area contributed by atoms with E-state index in [1.807, 2.05) is 74.7 Å². The van der Waals surface area contributed by atoms with E-state index in [4.69, 9.17) is 13.9 Å². The molecule has 0 saturated heterocycles. The van der Waals surface area contributed by atoms with Crippen molar-refractivity contribution < 1.29 is 18.7 Å². The maximum atomic E-state index is 12.8. The van der Waals surface area contributed by atoms with Gasteiger partial charge < -0.3 is 19.2 Å². The van der Waals surface area contributed by atoms with Crippen LogP contribution in [0.25, 0.3) is 27.7 Å². The van der Waals surface area contributed by atoms with Gasteiger partial charge in [0.05, 0.1) is 26.2 Å². The van der Waals surface area contributed by atoms with Crippen molar-refractivity contribution >= 4 is 39.9 Å². The van der Waals surface area contributed by atoms with Crippen molar-refractivity contribution in [1.29, 1.82) is 0 Å². The summed E-state index contributed by atoms with van der Waals surface area (Å²) >= 11 is 1.59. The van der Waals surface area contributed by atoms with E-state index < -0.39 is 0 Å². The van der Waals surface area contributed by atoms with Gasteiger partial charge in [0.1, 0.15) is 17.1 Å². The van der Waals surface area contributed by atoms with E-state index in [0.717, 1.165) is 55.1 Å². The minimum atomic E-state index is -0.193. The quantitative estimate of drug-likeness (QED) is 0.227. The molecule has 0 aliphatic rings. The van der Waals surface area contributed by atoms with Crippen LogP contribution in [0.5, 0.6) is 11.5 Å². The van der Waals surface area contributed by atoms with E-state index in [1.165, 1.54) is 0 Å². The second-order valence-electron chi connectivity index (χ2n) is 7.85. The number of carbonyl (C=O) groups excluding carboxylic acids is 1. The normalized spacial score (nSPS) is 11.5. The standard InChI is InChI=1S/C28H27NO4S/c1-17(14-26(30)29-24-8-6-7-9-25(24)34-5)21-15-22-23(19-10-12-20(31-3)13-11-19)16-33-28(22)18(2)27(21)32-4/h6-16H,1-5H3,(H,29,30)/b17-14+. The van der Waals surface area contributed by atoms with Gasteiger partial charge in [-0.3, -0.25) is 4.79 Å². The Morgan fingerprint density at radius 2 is 1.79 bits per heavy atom. The van der Waals surface area contributed by atoms with Gasteiger partial charge in [0.15, 0.2) is 0 Å². The monoisotopic (exact) mass is 473 g/mol. The maximum Gasteiger partial charge on any atom is 0.248 e. The topological polar surface area (TPSA) is 60.7 Å². The largest absolute Gasteiger partial charge is 0.497 e. The molecule has 6 heteroatoms. The van der Waals surface area contributed by atoms with Gasteiger partial charge in [-0.1, -0.05) is 24.3 Å². The van der Waals surface area contributed by atoms with Crippen LogP contribution in [0.2, 0.25) is 0 Å². The Labute approximate surface area is 203 Å². The van der Waals surface area contributed by atoms with E-state index >= 15 is 0 Å². The van der Waals surface area contributed by atoms with Crippen LogP contribution in [0, 0.1) is 6.92 Å². The van der Waals surface area contributed by atoms with Gasteiger partial charge in [0.25, 0.3) is 0 Å². The lowest BCUT2D eigenvalue weighted by Gasteiger charge is -2.14. The number of para-hydroxylation sites is 1.